The first-order valence-corrected chi connectivity index (χ1v) is 6.41. The Bertz CT molecular complexity index is 558. The molecule has 2 heterocycles. The summed E-state index contributed by atoms with van der Waals surface area (Å²) in [6, 6.07) is 8.87. The lowest BCUT2D eigenvalue weighted by molar-refractivity contribution is 0.0688. The van der Waals surface area contributed by atoms with Gasteiger partial charge in [0.25, 0.3) is 0 Å². The highest BCUT2D eigenvalue weighted by Crippen LogP contribution is 2.04. The molecule has 0 amide bonds. The zero-order valence-electron chi connectivity index (χ0n) is 11.0. The van der Waals surface area contributed by atoms with Gasteiger partial charge in [-0.15, -0.1) is 0 Å². The number of aromatic nitrogens is 2. The number of carbonyl (C=O) groups is 1. The first kappa shape index (κ1) is 14.1. The Hall–Kier alpha value is -2.27. The molecule has 2 rings (SSSR count). The normalized spacial score (nSPS) is 10.4. The Morgan fingerprint density at radius 1 is 1.20 bits per heavy atom. The molecule has 2 aromatic heterocycles. The van der Waals surface area contributed by atoms with Gasteiger partial charge in [-0.1, -0.05) is 6.07 Å². The minimum atomic E-state index is -1.02. The van der Waals surface area contributed by atoms with E-state index in [9.17, 15) is 4.79 Å². The van der Waals surface area contributed by atoms with E-state index < -0.39 is 5.97 Å². The standard InChI is InChI=1S/C15H16N2O3/c18-15(19)14-5-1-4-13(17-14)11-20-10-2-3-12-6-8-16-9-7-12/h1,4-9H,2-3,10-11H2,(H,18,19). The smallest absolute Gasteiger partial charge is 0.354 e. The number of nitrogens with zero attached hydrogens (tertiary/aromatic N) is 2. The Balaban J connectivity index is 1.71. The van der Waals surface area contributed by atoms with Gasteiger partial charge >= 0.3 is 5.97 Å². The number of aryl methyl sites for hydroxylation is 1. The van der Waals surface area contributed by atoms with E-state index >= 15 is 0 Å². The van der Waals surface area contributed by atoms with Gasteiger partial charge in [-0.2, -0.15) is 0 Å². The molecule has 0 aromatic carbocycles. The lowest BCUT2D eigenvalue weighted by Crippen LogP contribution is -2.04. The highest BCUT2D eigenvalue weighted by Gasteiger charge is 2.04. The average molecular weight is 272 g/mol. The molecule has 1 N–H and O–H groups in total. The highest BCUT2D eigenvalue weighted by molar-refractivity contribution is 5.85. The Morgan fingerprint density at radius 3 is 2.75 bits per heavy atom. The van der Waals surface area contributed by atoms with Crippen LogP contribution in [0.15, 0.2) is 42.7 Å². The van der Waals surface area contributed by atoms with Crippen LogP contribution in [0.2, 0.25) is 0 Å². The molecular weight excluding hydrogens is 256 g/mol. The lowest BCUT2D eigenvalue weighted by Gasteiger charge is -2.05. The van der Waals surface area contributed by atoms with Crippen LogP contribution in [0, 0.1) is 0 Å². The lowest BCUT2D eigenvalue weighted by atomic mass is 10.1. The van der Waals surface area contributed by atoms with Crippen LogP contribution in [-0.2, 0) is 17.8 Å². The summed E-state index contributed by atoms with van der Waals surface area (Å²) in [5.74, 6) is -1.02. The molecule has 0 radical (unpaired) electrons. The minimum Gasteiger partial charge on any atom is -0.477 e. The third-order valence-electron chi connectivity index (χ3n) is 2.78. The third-order valence-corrected chi connectivity index (χ3v) is 2.78. The second-order valence-corrected chi connectivity index (χ2v) is 4.33. The van der Waals surface area contributed by atoms with E-state index in [4.69, 9.17) is 9.84 Å². The topological polar surface area (TPSA) is 72.3 Å². The van der Waals surface area contributed by atoms with E-state index in [-0.39, 0.29) is 5.69 Å². The largest absolute Gasteiger partial charge is 0.477 e. The van der Waals surface area contributed by atoms with E-state index in [1.165, 1.54) is 11.6 Å². The predicted octanol–water partition coefficient (Wildman–Crippen LogP) is 2.32. The first-order valence-electron chi connectivity index (χ1n) is 6.41. The quantitative estimate of drug-likeness (QED) is 0.783. The molecule has 5 heteroatoms. The number of rotatable bonds is 7. The maximum absolute atomic E-state index is 10.8. The zero-order valence-corrected chi connectivity index (χ0v) is 11.0. The molecule has 0 aliphatic carbocycles. The van der Waals surface area contributed by atoms with Crippen molar-refractivity contribution in [2.24, 2.45) is 0 Å². The van der Waals surface area contributed by atoms with Crippen molar-refractivity contribution in [3.8, 4) is 0 Å². The Kier molecular flexibility index (Phi) is 5.20. The number of carboxylic acid groups (broad SMARTS) is 1. The summed E-state index contributed by atoms with van der Waals surface area (Å²) in [5, 5.41) is 8.84. The van der Waals surface area contributed by atoms with Crippen molar-refractivity contribution in [1.82, 2.24) is 9.97 Å². The predicted molar refractivity (Wildman–Crippen MR) is 73.4 cm³/mol. The summed E-state index contributed by atoms with van der Waals surface area (Å²) in [7, 11) is 0. The van der Waals surface area contributed by atoms with Crippen LogP contribution < -0.4 is 0 Å². The number of hydrogen-bond acceptors (Lipinski definition) is 4. The van der Waals surface area contributed by atoms with Crippen LogP contribution in [0.4, 0.5) is 0 Å². The summed E-state index contributed by atoms with van der Waals surface area (Å²) < 4.78 is 5.51. The number of pyridine rings is 2. The molecule has 0 saturated heterocycles. The number of hydrogen-bond donors (Lipinski definition) is 1. The molecule has 0 saturated carbocycles. The summed E-state index contributed by atoms with van der Waals surface area (Å²) in [6.45, 7) is 0.943. The zero-order chi connectivity index (χ0) is 14.2. The second kappa shape index (κ2) is 7.35. The second-order valence-electron chi connectivity index (χ2n) is 4.33. The molecular formula is C15H16N2O3. The van der Waals surface area contributed by atoms with Gasteiger partial charge in [-0.3, -0.25) is 4.98 Å². The van der Waals surface area contributed by atoms with E-state index in [1.807, 2.05) is 12.1 Å². The van der Waals surface area contributed by atoms with Crippen LogP contribution in [0.3, 0.4) is 0 Å². The van der Waals surface area contributed by atoms with Gasteiger partial charge in [0.05, 0.1) is 12.3 Å². The fraction of sp³-hybridized carbons (Fsp3) is 0.267. The van der Waals surface area contributed by atoms with Gasteiger partial charge in [-0.25, -0.2) is 9.78 Å². The van der Waals surface area contributed by atoms with E-state index in [0.717, 1.165) is 12.8 Å². The fourth-order valence-corrected chi connectivity index (χ4v) is 1.78. The molecule has 104 valence electrons. The monoisotopic (exact) mass is 272 g/mol. The fourth-order valence-electron chi connectivity index (χ4n) is 1.78. The molecule has 0 aliphatic heterocycles. The molecule has 20 heavy (non-hydrogen) atoms. The van der Waals surface area contributed by atoms with Crippen LogP contribution >= 0.6 is 0 Å². The minimum absolute atomic E-state index is 0.0443. The van der Waals surface area contributed by atoms with E-state index in [2.05, 4.69) is 9.97 Å². The first-order chi connectivity index (χ1) is 9.75. The molecule has 2 aromatic rings. The van der Waals surface area contributed by atoms with E-state index in [0.29, 0.717) is 18.9 Å². The van der Waals surface area contributed by atoms with Crippen molar-refractivity contribution in [3.05, 3.63) is 59.7 Å². The Morgan fingerprint density at radius 2 is 2.00 bits per heavy atom. The van der Waals surface area contributed by atoms with Gasteiger partial charge in [0.1, 0.15) is 5.69 Å². The van der Waals surface area contributed by atoms with Crippen LogP contribution in [0.25, 0.3) is 0 Å². The Labute approximate surface area is 117 Å². The van der Waals surface area contributed by atoms with Crippen molar-refractivity contribution in [3.63, 3.8) is 0 Å². The third kappa shape index (κ3) is 4.44. The van der Waals surface area contributed by atoms with Crippen molar-refractivity contribution in [1.29, 1.82) is 0 Å². The van der Waals surface area contributed by atoms with Gasteiger partial charge in [0.2, 0.25) is 0 Å². The summed E-state index contributed by atoms with van der Waals surface area (Å²) in [4.78, 5) is 18.7. The number of aromatic carboxylic acids is 1. The molecule has 0 fully saturated rings. The van der Waals surface area contributed by atoms with Gasteiger partial charge in [0, 0.05) is 19.0 Å². The van der Waals surface area contributed by atoms with Crippen LogP contribution in [0.1, 0.15) is 28.2 Å². The summed E-state index contributed by atoms with van der Waals surface area (Å²) in [5.41, 5.74) is 1.91. The molecule has 0 spiro atoms. The number of carboxylic acids is 1. The van der Waals surface area contributed by atoms with Gasteiger partial charge in [0.15, 0.2) is 0 Å². The van der Waals surface area contributed by atoms with Crippen molar-refractivity contribution in [2.45, 2.75) is 19.4 Å². The van der Waals surface area contributed by atoms with Crippen molar-refractivity contribution in [2.75, 3.05) is 6.61 Å². The maximum atomic E-state index is 10.8. The highest BCUT2D eigenvalue weighted by atomic mass is 16.5. The van der Waals surface area contributed by atoms with Gasteiger partial charge in [-0.05, 0) is 42.7 Å². The maximum Gasteiger partial charge on any atom is 0.354 e. The number of ether oxygens (including phenoxy) is 1. The van der Waals surface area contributed by atoms with Crippen LogP contribution in [0.5, 0.6) is 0 Å². The molecule has 0 bridgehead atoms. The molecule has 5 nitrogen and oxygen atoms in total. The SMILES string of the molecule is O=C(O)c1cccc(COCCCc2ccncc2)n1. The van der Waals surface area contributed by atoms with E-state index in [1.54, 1.807) is 24.5 Å². The summed E-state index contributed by atoms with van der Waals surface area (Å²) in [6.07, 6.45) is 5.39. The molecule has 0 aliphatic rings. The molecule has 0 unspecified atom stereocenters. The average Bonchev–Trinajstić information content (AvgIpc) is 2.48. The van der Waals surface area contributed by atoms with Crippen LogP contribution in [-0.4, -0.2) is 27.7 Å². The van der Waals surface area contributed by atoms with Crippen molar-refractivity contribution >= 4 is 5.97 Å². The summed E-state index contributed by atoms with van der Waals surface area (Å²) >= 11 is 0. The van der Waals surface area contributed by atoms with Crippen molar-refractivity contribution < 1.29 is 14.6 Å². The van der Waals surface area contributed by atoms with Gasteiger partial charge < -0.3 is 9.84 Å². The molecule has 0 atom stereocenters.